The largest absolute Gasteiger partial charge is 0.478 e. The van der Waals surface area contributed by atoms with Crippen molar-refractivity contribution in [3.8, 4) is 0 Å². The van der Waals surface area contributed by atoms with Gasteiger partial charge in [0, 0.05) is 11.8 Å². The highest BCUT2D eigenvalue weighted by atomic mass is 16.7. The summed E-state index contributed by atoms with van der Waals surface area (Å²) in [5.74, 6) is -0.928. The van der Waals surface area contributed by atoms with Gasteiger partial charge >= 0.3 is 5.97 Å². The van der Waals surface area contributed by atoms with Crippen molar-refractivity contribution in [3.05, 3.63) is 0 Å². The second-order valence-electron chi connectivity index (χ2n) is 4.71. The molecule has 0 radical (unpaired) electrons. The van der Waals surface area contributed by atoms with E-state index in [0.717, 1.165) is 5.71 Å². The predicted octanol–water partition coefficient (Wildman–Crippen LogP) is 2.04. The molecular formula is C10H17NO3. The molecule has 0 aromatic carbocycles. The van der Waals surface area contributed by atoms with Gasteiger partial charge in [0.1, 0.15) is 0 Å². The molecule has 0 fully saturated rings. The fraction of sp³-hybridized carbons (Fsp3) is 0.800. The summed E-state index contributed by atoms with van der Waals surface area (Å²) in [7, 11) is 0. The third kappa shape index (κ3) is 1.74. The fourth-order valence-electron chi connectivity index (χ4n) is 1.34. The maximum absolute atomic E-state index is 11.0. The lowest BCUT2D eigenvalue weighted by molar-refractivity contribution is -0.162. The summed E-state index contributed by atoms with van der Waals surface area (Å²) < 4.78 is 0. The number of carboxylic acids is 1. The average molecular weight is 199 g/mol. The van der Waals surface area contributed by atoms with Crippen LogP contribution in [0.4, 0.5) is 0 Å². The number of carboxylic acid groups (broad SMARTS) is 1. The number of nitrogens with zero attached hydrogens (tertiary/aromatic N) is 1. The number of carbonyl (C=O) groups is 1. The molecule has 1 atom stereocenters. The van der Waals surface area contributed by atoms with Gasteiger partial charge in [0.25, 0.3) is 0 Å². The summed E-state index contributed by atoms with van der Waals surface area (Å²) in [6, 6.07) is 0. The van der Waals surface area contributed by atoms with Crippen molar-refractivity contribution in [1.82, 2.24) is 0 Å². The van der Waals surface area contributed by atoms with Gasteiger partial charge in [-0.15, -0.1) is 0 Å². The Bertz CT molecular complexity index is 278. The molecular weight excluding hydrogens is 182 g/mol. The van der Waals surface area contributed by atoms with E-state index < -0.39 is 11.6 Å². The Morgan fingerprint density at radius 3 is 2.43 bits per heavy atom. The Labute approximate surface area is 83.9 Å². The molecule has 1 rings (SSSR count). The van der Waals surface area contributed by atoms with Gasteiger partial charge in [-0.3, -0.25) is 0 Å². The highest BCUT2D eigenvalue weighted by Gasteiger charge is 2.47. The van der Waals surface area contributed by atoms with Crippen LogP contribution in [0.2, 0.25) is 0 Å². The zero-order valence-electron chi connectivity index (χ0n) is 9.13. The molecule has 0 bridgehead atoms. The van der Waals surface area contributed by atoms with Crippen LogP contribution in [-0.2, 0) is 9.63 Å². The SMILES string of the molecule is CCC1(C(=O)O)CC(C(C)(C)C)=NO1. The summed E-state index contributed by atoms with van der Waals surface area (Å²) >= 11 is 0. The molecule has 1 N–H and O–H groups in total. The van der Waals surface area contributed by atoms with E-state index in [4.69, 9.17) is 9.94 Å². The van der Waals surface area contributed by atoms with Crippen LogP contribution in [0.25, 0.3) is 0 Å². The van der Waals surface area contributed by atoms with Crippen molar-refractivity contribution in [2.75, 3.05) is 0 Å². The first-order valence-corrected chi connectivity index (χ1v) is 4.81. The van der Waals surface area contributed by atoms with Crippen molar-refractivity contribution in [2.24, 2.45) is 10.6 Å². The van der Waals surface area contributed by atoms with E-state index in [-0.39, 0.29) is 5.41 Å². The Morgan fingerprint density at radius 2 is 2.21 bits per heavy atom. The lowest BCUT2D eigenvalue weighted by Crippen LogP contribution is -2.39. The summed E-state index contributed by atoms with van der Waals surface area (Å²) in [4.78, 5) is 16.1. The van der Waals surface area contributed by atoms with Crippen molar-refractivity contribution in [3.63, 3.8) is 0 Å². The molecule has 14 heavy (non-hydrogen) atoms. The van der Waals surface area contributed by atoms with Gasteiger partial charge in [-0.1, -0.05) is 32.9 Å². The van der Waals surface area contributed by atoms with Crippen molar-refractivity contribution in [1.29, 1.82) is 0 Å². The highest BCUT2D eigenvalue weighted by molar-refractivity contribution is 5.96. The van der Waals surface area contributed by atoms with Crippen LogP contribution in [0.15, 0.2) is 5.16 Å². The Morgan fingerprint density at radius 1 is 1.64 bits per heavy atom. The minimum Gasteiger partial charge on any atom is -0.478 e. The first kappa shape index (κ1) is 11.0. The third-order valence-corrected chi connectivity index (χ3v) is 2.61. The molecule has 80 valence electrons. The molecule has 1 aliphatic heterocycles. The van der Waals surface area contributed by atoms with Gasteiger partial charge in [-0.2, -0.15) is 0 Å². The van der Waals surface area contributed by atoms with E-state index >= 15 is 0 Å². The summed E-state index contributed by atoms with van der Waals surface area (Å²) in [5, 5.41) is 12.9. The van der Waals surface area contributed by atoms with Crippen molar-refractivity contribution in [2.45, 2.75) is 46.1 Å². The van der Waals surface area contributed by atoms with Gasteiger partial charge in [-0.25, -0.2) is 4.79 Å². The first-order valence-electron chi connectivity index (χ1n) is 4.81. The Balaban J connectivity index is 2.83. The van der Waals surface area contributed by atoms with Crippen LogP contribution < -0.4 is 0 Å². The van der Waals surface area contributed by atoms with Gasteiger partial charge in [0.15, 0.2) is 0 Å². The standard InChI is InChI=1S/C10H17NO3/c1-5-10(8(12)13)6-7(11-14-10)9(2,3)4/h5-6H2,1-4H3,(H,12,13). The van der Waals surface area contributed by atoms with Gasteiger partial charge < -0.3 is 9.94 Å². The number of hydrogen-bond donors (Lipinski definition) is 1. The number of rotatable bonds is 2. The Kier molecular flexibility index (Phi) is 2.56. The summed E-state index contributed by atoms with van der Waals surface area (Å²) in [6.07, 6.45) is 0.827. The molecule has 4 heteroatoms. The van der Waals surface area contributed by atoms with Crippen molar-refractivity contribution >= 4 is 11.7 Å². The van der Waals surface area contributed by atoms with Crippen molar-refractivity contribution < 1.29 is 14.7 Å². The number of hydrogen-bond acceptors (Lipinski definition) is 3. The molecule has 1 aliphatic rings. The summed E-state index contributed by atoms with van der Waals surface area (Å²) in [6.45, 7) is 7.81. The summed E-state index contributed by atoms with van der Waals surface area (Å²) in [5.41, 5.74) is -0.420. The van der Waals surface area contributed by atoms with Crippen LogP contribution in [0.3, 0.4) is 0 Å². The molecule has 1 unspecified atom stereocenters. The Hall–Kier alpha value is -1.06. The highest BCUT2D eigenvalue weighted by Crippen LogP contribution is 2.34. The minimum atomic E-state index is -1.12. The smallest absolute Gasteiger partial charge is 0.351 e. The lowest BCUT2D eigenvalue weighted by Gasteiger charge is -2.21. The second-order valence-corrected chi connectivity index (χ2v) is 4.71. The van der Waals surface area contributed by atoms with E-state index in [1.165, 1.54) is 0 Å². The third-order valence-electron chi connectivity index (χ3n) is 2.61. The van der Waals surface area contributed by atoms with Crippen LogP contribution >= 0.6 is 0 Å². The van der Waals surface area contributed by atoms with E-state index in [0.29, 0.717) is 12.8 Å². The molecule has 0 saturated heterocycles. The quantitative estimate of drug-likeness (QED) is 0.740. The maximum atomic E-state index is 11.0. The molecule has 0 spiro atoms. The van der Waals surface area contributed by atoms with Crippen LogP contribution in [0.1, 0.15) is 40.5 Å². The first-order chi connectivity index (χ1) is 6.32. The average Bonchev–Trinajstić information content (AvgIpc) is 2.47. The zero-order chi connectivity index (χ0) is 11.0. The fourth-order valence-corrected chi connectivity index (χ4v) is 1.34. The molecule has 0 aromatic rings. The number of oxime groups is 1. The molecule has 0 aromatic heterocycles. The molecule has 4 nitrogen and oxygen atoms in total. The molecule has 0 amide bonds. The van der Waals surface area contributed by atoms with Gasteiger partial charge in [-0.05, 0) is 6.42 Å². The molecule has 0 saturated carbocycles. The topological polar surface area (TPSA) is 58.9 Å². The monoisotopic (exact) mass is 199 g/mol. The van der Waals surface area contributed by atoms with Crippen LogP contribution in [0, 0.1) is 5.41 Å². The lowest BCUT2D eigenvalue weighted by atomic mass is 9.82. The maximum Gasteiger partial charge on any atom is 0.351 e. The normalized spacial score (nSPS) is 27.0. The molecule has 1 heterocycles. The second kappa shape index (κ2) is 3.26. The molecule has 0 aliphatic carbocycles. The van der Waals surface area contributed by atoms with Gasteiger partial charge in [0.2, 0.25) is 5.60 Å². The zero-order valence-corrected chi connectivity index (χ0v) is 9.13. The number of aliphatic carboxylic acids is 1. The van der Waals surface area contributed by atoms with E-state index in [1.54, 1.807) is 6.92 Å². The predicted molar refractivity (Wildman–Crippen MR) is 53.2 cm³/mol. The minimum absolute atomic E-state index is 0.119. The van der Waals surface area contributed by atoms with E-state index in [9.17, 15) is 4.79 Å². The van der Waals surface area contributed by atoms with E-state index in [1.807, 2.05) is 20.8 Å². The van der Waals surface area contributed by atoms with Gasteiger partial charge in [0.05, 0.1) is 5.71 Å². The van der Waals surface area contributed by atoms with Crippen LogP contribution in [0.5, 0.6) is 0 Å². The van der Waals surface area contributed by atoms with E-state index in [2.05, 4.69) is 5.16 Å². The van der Waals surface area contributed by atoms with Crippen LogP contribution in [-0.4, -0.2) is 22.4 Å².